The van der Waals surface area contributed by atoms with Crippen LogP contribution in [0.3, 0.4) is 0 Å². The minimum atomic E-state index is 0.912. The van der Waals surface area contributed by atoms with Crippen LogP contribution in [0.25, 0.3) is 11.0 Å². The molecule has 2 aromatic rings. The molecule has 0 aliphatic heterocycles. The molecule has 1 radical (unpaired) electrons. The summed E-state index contributed by atoms with van der Waals surface area (Å²) in [5.41, 5.74) is 1.87. The molecule has 0 aliphatic rings. The molecule has 1 nitrogen and oxygen atoms in total. The van der Waals surface area contributed by atoms with Gasteiger partial charge in [-0.2, -0.15) is 0 Å². The maximum atomic E-state index is 5.24. The highest BCUT2D eigenvalue weighted by molar-refractivity contribution is 14.1. The van der Waals surface area contributed by atoms with E-state index in [1.807, 2.05) is 12.1 Å². The van der Waals surface area contributed by atoms with Crippen molar-refractivity contribution < 1.29 is 4.42 Å². The van der Waals surface area contributed by atoms with Gasteiger partial charge < -0.3 is 4.42 Å². The van der Waals surface area contributed by atoms with E-state index in [0.717, 1.165) is 16.5 Å². The first-order chi connectivity index (χ1) is 5.27. The molecule has 1 aromatic carbocycles. The molecule has 1 aromatic heterocycles. The Morgan fingerprint density at radius 3 is 3.00 bits per heavy atom. The lowest BCUT2D eigenvalue weighted by molar-refractivity contribution is 0.614. The zero-order valence-electron chi connectivity index (χ0n) is 5.80. The van der Waals surface area contributed by atoms with E-state index >= 15 is 0 Å². The lowest BCUT2D eigenvalue weighted by atomic mass is 10.2. The van der Waals surface area contributed by atoms with Crippen molar-refractivity contribution in [3.05, 3.63) is 40.5 Å². The summed E-state index contributed by atoms with van der Waals surface area (Å²) >= 11 is 2.27. The Balaban J connectivity index is 2.87. The molecule has 1 heterocycles. The lowest BCUT2D eigenvalue weighted by Crippen LogP contribution is -1.70. The Morgan fingerprint density at radius 1 is 1.36 bits per heavy atom. The van der Waals surface area contributed by atoms with E-state index < -0.39 is 0 Å². The number of benzene rings is 1. The summed E-state index contributed by atoms with van der Waals surface area (Å²) < 4.78 is 6.45. The largest absolute Gasteiger partial charge is 0.464 e. The van der Waals surface area contributed by atoms with E-state index in [4.69, 9.17) is 4.42 Å². The summed E-state index contributed by atoms with van der Waals surface area (Å²) in [6.45, 7) is 3.85. The third-order valence-electron chi connectivity index (χ3n) is 1.62. The predicted molar refractivity (Wildman–Crippen MR) is 53.4 cm³/mol. The summed E-state index contributed by atoms with van der Waals surface area (Å²) in [6, 6.07) is 6.05. The number of fused-ring (bicyclic) bond motifs is 1. The van der Waals surface area contributed by atoms with Crippen LogP contribution in [0, 0.1) is 10.5 Å². The monoisotopic (exact) mass is 257 g/mol. The van der Waals surface area contributed by atoms with E-state index in [2.05, 4.69) is 35.6 Å². The van der Waals surface area contributed by atoms with Gasteiger partial charge in [-0.15, -0.1) is 0 Å². The summed E-state index contributed by atoms with van der Waals surface area (Å²) in [5.74, 6) is 0. The normalized spacial score (nSPS) is 10.7. The summed E-state index contributed by atoms with van der Waals surface area (Å²) in [5, 5.41) is 1.11. The van der Waals surface area contributed by atoms with Crippen LogP contribution in [0.4, 0.5) is 0 Å². The highest BCUT2D eigenvalue weighted by Crippen LogP contribution is 2.21. The fraction of sp³-hybridized carbons (Fsp3) is 0. The van der Waals surface area contributed by atoms with Crippen LogP contribution in [0.5, 0.6) is 0 Å². The van der Waals surface area contributed by atoms with E-state index in [-0.39, 0.29) is 0 Å². The van der Waals surface area contributed by atoms with Crippen LogP contribution >= 0.6 is 22.6 Å². The molecular weight excluding hydrogens is 251 g/mol. The first-order valence-electron chi connectivity index (χ1n) is 3.26. The van der Waals surface area contributed by atoms with Crippen molar-refractivity contribution in [2.75, 3.05) is 0 Å². The Morgan fingerprint density at radius 2 is 2.18 bits per heavy atom. The first-order valence-corrected chi connectivity index (χ1v) is 4.34. The average molecular weight is 257 g/mol. The Bertz CT molecular complexity index is 389. The van der Waals surface area contributed by atoms with Gasteiger partial charge >= 0.3 is 0 Å². The molecule has 0 bridgehead atoms. The molecule has 55 valence electrons. The van der Waals surface area contributed by atoms with Crippen LogP contribution in [0.2, 0.25) is 0 Å². The van der Waals surface area contributed by atoms with Crippen molar-refractivity contribution in [3.8, 4) is 0 Å². The topological polar surface area (TPSA) is 13.1 Å². The Hall–Kier alpha value is -0.510. The van der Waals surface area contributed by atoms with Crippen LogP contribution in [-0.4, -0.2) is 0 Å². The third kappa shape index (κ3) is 1.15. The minimum Gasteiger partial charge on any atom is -0.464 e. The summed E-state index contributed by atoms with van der Waals surface area (Å²) in [6.07, 6.45) is 1.68. The number of rotatable bonds is 0. The fourth-order valence-corrected chi connectivity index (χ4v) is 1.55. The van der Waals surface area contributed by atoms with Crippen molar-refractivity contribution in [3.63, 3.8) is 0 Å². The molecule has 0 aliphatic carbocycles. The molecule has 2 rings (SSSR count). The van der Waals surface area contributed by atoms with Crippen LogP contribution < -0.4 is 0 Å². The second-order valence-corrected chi connectivity index (χ2v) is 3.65. The summed E-state index contributed by atoms with van der Waals surface area (Å²) in [4.78, 5) is 0. The van der Waals surface area contributed by atoms with Gasteiger partial charge in [0, 0.05) is 8.96 Å². The van der Waals surface area contributed by atoms with Gasteiger partial charge in [0.1, 0.15) is 5.58 Å². The molecule has 2 heteroatoms. The molecular formula is C9H6IO. The number of hydrogen-bond acceptors (Lipinski definition) is 1. The maximum absolute atomic E-state index is 5.24. The van der Waals surface area contributed by atoms with Gasteiger partial charge in [-0.05, 0) is 53.3 Å². The fourth-order valence-electron chi connectivity index (χ4n) is 1.05. The zero-order chi connectivity index (χ0) is 7.84. The van der Waals surface area contributed by atoms with Gasteiger partial charge in [0.2, 0.25) is 0 Å². The zero-order valence-corrected chi connectivity index (χ0v) is 7.96. The van der Waals surface area contributed by atoms with Crippen molar-refractivity contribution in [1.29, 1.82) is 0 Å². The molecule has 0 saturated heterocycles. The quantitative estimate of drug-likeness (QED) is 0.660. The lowest BCUT2D eigenvalue weighted by Gasteiger charge is -1.89. The third-order valence-corrected chi connectivity index (χ3v) is 2.29. The van der Waals surface area contributed by atoms with E-state index in [9.17, 15) is 0 Å². The Kier molecular flexibility index (Phi) is 1.64. The van der Waals surface area contributed by atoms with Crippen LogP contribution in [0.15, 0.2) is 28.9 Å². The smallest absolute Gasteiger partial charge is 0.134 e. The average Bonchev–Trinajstić information content (AvgIpc) is 2.33. The molecule has 0 N–H and O–H groups in total. The second kappa shape index (κ2) is 2.52. The number of halogens is 1. The van der Waals surface area contributed by atoms with Gasteiger partial charge in [0.15, 0.2) is 0 Å². The number of furan rings is 1. The maximum Gasteiger partial charge on any atom is 0.134 e. The van der Waals surface area contributed by atoms with Gasteiger partial charge in [0.25, 0.3) is 0 Å². The van der Waals surface area contributed by atoms with Crippen LogP contribution in [0.1, 0.15) is 5.56 Å². The molecule has 0 atom stereocenters. The first kappa shape index (κ1) is 7.16. The molecule has 0 fully saturated rings. The van der Waals surface area contributed by atoms with Crippen molar-refractivity contribution >= 4 is 33.6 Å². The molecule has 0 unspecified atom stereocenters. The van der Waals surface area contributed by atoms with Gasteiger partial charge in [-0.3, -0.25) is 0 Å². The van der Waals surface area contributed by atoms with Gasteiger partial charge in [-0.25, -0.2) is 0 Å². The minimum absolute atomic E-state index is 0.912. The summed E-state index contributed by atoms with van der Waals surface area (Å²) in [7, 11) is 0. The van der Waals surface area contributed by atoms with Crippen molar-refractivity contribution in [2.24, 2.45) is 0 Å². The highest BCUT2D eigenvalue weighted by Gasteiger charge is 2.00. The van der Waals surface area contributed by atoms with Crippen molar-refractivity contribution in [1.82, 2.24) is 0 Å². The van der Waals surface area contributed by atoms with E-state index in [1.165, 1.54) is 3.57 Å². The SMILES string of the molecule is [CH2]c1coc2ccc(I)cc12. The number of hydrogen-bond donors (Lipinski definition) is 0. The Labute approximate surface area is 78.5 Å². The van der Waals surface area contributed by atoms with Gasteiger partial charge in [0.05, 0.1) is 6.26 Å². The highest BCUT2D eigenvalue weighted by atomic mass is 127. The molecule has 11 heavy (non-hydrogen) atoms. The predicted octanol–water partition coefficient (Wildman–Crippen LogP) is 3.22. The van der Waals surface area contributed by atoms with E-state index in [0.29, 0.717) is 0 Å². The van der Waals surface area contributed by atoms with Crippen LogP contribution in [-0.2, 0) is 0 Å². The van der Waals surface area contributed by atoms with Gasteiger partial charge in [-0.1, -0.05) is 0 Å². The molecule has 0 saturated carbocycles. The van der Waals surface area contributed by atoms with Crippen molar-refractivity contribution in [2.45, 2.75) is 0 Å². The van der Waals surface area contributed by atoms with E-state index in [1.54, 1.807) is 6.26 Å². The standard InChI is InChI=1S/C9H6IO/c1-6-5-11-9-3-2-7(10)4-8(6)9/h2-5H,1H2. The second-order valence-electron chi connectivity index (χ2n) is 2.40. The molecule has 0 spiro atoms. The molecule has 0 amide bonds.